The topological polar surface area (TPSA) is 43.4 Å². The van der Waals surface area contributed by atoms with Crippen LogP contribution in [0.2, 0.25) is 0 Å². The molecule has 2 fully saturated rings. The predicted molar refractivity (Wildman–Crippen MR) is 109 cm³/mol. The van der Waals surface area contributed by atoms with Gasteiger partial charge in [-0.3, -0.25) is 4.98 Å². The SMILES string of the molecule is COc1ccsc1CNCC[C@]1(c2ccccn2)CCC2(CCCC2)OC1. The Labute approximate surface area is 166 Å². The minimum atomic E-state index is 0.0294. The Bertz CT molecular complexity index is 715. The van der Waals surface area contributed by atoms with Crippen molar-refractivity contribution in [1.82, 2.24) is 10.3 Å². The number of rotatable bonds is 7. The summed E-state index contributed by atoms with van der Waals surface area (Å²) in [5.41, 5.74) is 1.38. The summed E-state index contributed by atoms with van der Waals surface area (Å²) in [5.74, 6) is 0.983. The molecule has 1 aliphatic carbocycles. The zero-order valence-corrected chi connectivity index (χ0v) is 17.0. The molecule has 0 unspecified atom stereocenters. The Hall–Kier alpha value is -1.43. The number of methoxy groups -OCH3 is 1. The van der Waals surface area contributed by atoms with Gasteiger partial charge in [-0.15, -0.1) is 11.3 Å². The van der Waals surface area contributed by atoms with E-state index in [1.807, 2.05) is 18.3 Å². The minimum Gasteiger partial charge on any atom is -0.496 e. The van der Waals surface area contributed by atoms with Crippen LogP contribution in [-0.4, -0.2) is 30.8 Å². The van der Waals surface area contributed by atoms with Crippen molar-refractivity contribution in [3.8, 4) is 5.75 Å². The van der Waals surface area contributed by atoms with E-state index in [0.717, 1.165) is 31.9 Å². The molecule has 3 heterocycles. The smallest absolute Gasteiger partial charge is 0.134 e. The normalized spacial score (nSPS) is 24.3. The molecule has 1 atom stereocenters. The molecule has 27 heavy (non-hydrogen) atoms. The molecule has 146 valence electrons. The van der Waals surface area contributed by atoms with E-state index in [1.165, 1.54) is 49.1 Å². The van der Waals surface area contributed by atoms with E-state index in [4.69, 9.17) is 14.5 Å². The first-order valence-corrected chi connectivity index (χ1v) is 11.0. The van der Waals surface area contributed by atoms with Gasteiger partial charge < -0.3 is 14.8 Å². The molecule has 2 aromatic heterocycles. The average molecular weight is 387 g/mol. The number of ether oxygens (including phenoxy) is 2. The molecule has 0 amide bonds. The van der Waals surface area contributed by atoms with Crippen molar-refractivity contribution in [1.29, 1.82) is 0 Å². The largest absolute Gasteiger partial charge is 0.496 e. The Balaban J connectivity index is 1.40. The average Bonchev–Trinajstić information content (AvgIpc) is 3.37. The van der Waals surface area contributed by atoms with Gasteiger partial charge >= 0.3 is 0 Å². The lowest BCUT2D eigenvalue weighted by Gasteiger charge is -2.45. The molecule has 0 aromatic carbocycles. The molecule has 2 aromatic rings. The first-order valence-electron chi connectivity index (χ1n) is 10.1. The standard InChI is InChI=1S/C22H30N2O2S/c1-25-18-7-15-27-19(18)16-23-14-12-21(20-6-2-5-13-24-20)10-11-22(26-17-21)8-3-4-9-22/h2,5-7,13,15,23H,3-4,8-12,14,16-17H2,1H3/t21-/m1/s1. The third-order valence-electron chi connectivity index (χ3n) is 6.43. The van der Waals surface area contributed by atoms with Gasteiger partial charge in [-0.25, -0.2) is 0 Å². The molecule has 0 bridgehead atoms. The van der Waals surface area contributed by atoms with Crippen LogP contribution in [0, 0.1) is 0 Å². The summed E-state index contributed by atoms with van der Waals surface area (Å²) in [6.07, 6.45) is 10.4. The van der Waals surface area contributed by atoms with E-state index in [0.29, 0.717) is 0 Å². The summed E-state index contributed by atoms with van der Waals surface area (Å²) in [4.78, 5) is 5.98. The number of thiophene rings is 1. The third-order valence-corrected chi connectivity index (χ3v) is 7.33. The van der Waals surface area contributed by atoms with Crippen LogP contribution in [-0.2, 0) is 16.7 Å². The van der Waals surface area contributed by atoms with Crippen LogP contribution in [0.3, 0.4) is 0 Å². The molecule has 4 nitrogen and oxygen atoms in total. The van der Waals surface area contributed by atoms with Gasteiger partial charge in [-0.05, 0) is 62.2 Å². The Morgan fingerprint density at radius 2 is 2.07 bits per heavy atom. The van der Waals surface area contributed by atoms with Crippen LogP contribution < -0.4 is 10.1 Å². The minimum absolute atomic E-state index is 0.0294. The number of aromatic nitrogens is 1. The number of hydrogen-bond donors (Lipinski definition) is 1. The lowest BCUT2D eigenvalue weighted by molar-refractivity contribution is -0.109. The van der Waals surface area contributed by atoms with Crippen LogP contribution in [0.1, 0.15) is 55.5 Å². The van der Waals surface area contributed by atoms with Crippen LogP contribution in [0.15, 0.2) is 35.8 Å². The Morgan fingerprint density at radius 1 is 1.19 bits per heavy atom. The highest BCUT2D eigenvalue weighted by Gasteiger charge is 2.46. The Morgan fingerprint density at radius 3 is 2.78 bits per heavy atom. The molecular formula is C22H30N2O2S. The number of nitrogens with one attached hydrogen (secondary N) is 1. The second-order valence-corrected chi connectivity index (χ2v) is 9.01. The van der Waals surface area contributed by atoms with Gasteiger partial charge in [-0.1, -0.05) is 18.9 Å². The van der Waals surface area contributed by atoms with Gasteiger partial charge in [0.2, 0.25) is 0 Å². The quantitative estimate of drug-likeness (QED) is 0.701. The molecule has 1 saturated carbocycles. The first kappa shape index (κ1) is 18.9. The maximum absolute atomic E-state index is 6.55. The van der Waals surface area contributed by atoms with Gasteiger partial charge in [0.25, 0.3) is 0 Å². The van der Waals surface area contributed by atoms with E-state index in [1.54, 1.807) is 18.4 Å². The Kier molecular flexibility index (Phi) is 5.81. The van der Waals surface area contributed by atoms with Crippen molar-refractivity contribution in [2.24, 2.45) is 0 Å². The second kappa shape index (κ2) is 8.29. The number of pyridine rings is 1. The molecule has 1 aliphatic heterocycles. The fourth-order valence-corrected chi connectivity index (χ4v) is 5.50. The number of nitrogens with zero attached hydrogens (tertiary/aromatic N) is 1. The van der Waals surface area contributed by atoms with Crippen LogP contribution in [0.25, 0.3) is 0 Å². The van der Waals surface area contributed by atoms with E-state index in [9.17, 15) is 0 Å². The fourth-order valence-electron chi connectivity index (χ4n) is 4.69. The van der Waals surface area contributed by atoms with Crippen molar-refractivity contribution in [3.63, 3.8) is 0 Å². The molecule has 1 N–H and O–H groups in total. The van der Waals surface area contributed by atoms with Gasteiger partial charge in [0, 0.05) is 23.9 Å². The summed E-state index contributed by atoms with van der Waals surface area (Å²) in [5, 5.41) is 5.70. The lowest BCUT2D eigenvalue weighted by atomic mass is 9.72. The maximum atomic E-state index is 6.55. The van der Waals surface area contributed by atoms with Crippen molar-refractivity contribution in [3.05, 3.63) is 46.4 Å². The van der Waals surface area contributed by atoms with Gasteiger partial charge in [0.1, 0.15) is 5.75 Å². The third kappa shape index (κ3) is 4.05. The van der Waals surface area contributed by atoms with E-state index < -0.39 is 0 Å². The highest BCUT2D eigenvalue weighted by atomic mass is 32.1. The monoisotopic (exact) mass is 386 g/mol. The van der Waals surface area contributed by atoms with Crippen LogP contribution in [0.4, 0.5) is 0 Å². The zero-order chi connectivity index (χ0) is 18.6. The lowest BCUT2D eigenvalue weighted by Crippen LogP contribution is -2.47. The van der Waals surface area contributed by atoms with Gasteiger partial charge in [0.05, 0.1) is 24.2 Å². The zero-order valence-electron chi connectivity index (χ0n) is 16.2. The summed E-state index contributed by atoms with van der Waals surface area (Å²) >= 11 is 1.74. The van der Waals surface area contributed by atoms with Crippen molar-refractivity contribution in [2.75, 3.05) is 20.3 Å². The first-order chi connectivity index (χ1) is 13.3. The summed E-state index contributed by atoms with van der Waals surface area (Å²) < 4.78 is 12.0. The second-order valence-electron chi connectivity index (χ2n) is 8.01. The molecule has 2 aliphatic rings. The summed E-state index contributed by atoms with van der Waals surface area (Å²) in [6.45, 7) is 2.60. The molecule has 1 saturated heterocycles. The van der Waals surface area contributed by atoms with Gasteiger partial charge in [-0.2, -0.15) is 0 Å². The van der Waals surface area contributed by atoms with Crippen molar-refractivity contribution >= 4 is 11.3 Å². The molecule has 1 spiro atoms. The van der Waals surface area contributed by atoms with Crippen LogP contribution in [0.5, 0.6) is 5.75 Å². The fraction of sp³-hybridized carbons (Fsp3) is 0.591. The molecular weight excluding hydrogens is 356 g/mol. The summed E-state index contributed by atoms with van der Waals surface area (Å²) in [6, 6.07) is 8.32. The summed E-state index contributed by atoms with van der Waals surface area (Å²) in [7, 11) is 1.74. The van der Waals surface area contributed by atoms with Crippen molar-refractivity contribution < 1.29 is 9.47 Å². The molecule has 5 heteroatoms. The highest BCUT2D eigenvalue weighted by Crippen LogP contribution is 2.47. The highest BCUT2D eigenvalue weighted by molar-refractivity contribution is 7.10. The van der Waals surface area contributed by atoms with Gasteiger partial charge in [0.15, 0.2) is 0 Å². The number of hydrogen-bond acceptors (Lipinski definition) is 5. The van der Waals surface area contributed by atoms with Crippen molar-refractivity contribution in [2.45, 2.75) is 62.5 Å². The predicted octanol–water partition coefficient (Wildman–Crippen LogP) is 4.69. The maximum Gasteiger partial charge on any atom is 0.134 e. The van der Waals surface area contributed by atoms with Crippen LogP contribution >= 0.6 is 11.3 Å². The molecule has 4 rings (SSSR count). The molecule has 0 radical (unpaired) electrons. The van der Waals surface area contributed by atoms with E-state index >= 15 is 0 Å². The van der Waals surface area contributed by atoms with E-state index in [-0.39, 0.29) is 11.0 Å². The van der Waals surface area contributed by atoms with E-state index in [2.05, 4.69) is 22.8 Å².